The second-order valence-corrected chi connectivity index (χ2v) is 12.9. The van der Waals surface area contributed by atoms with Gasteiger partial charge in [0.1, 0.15) is 73.2 Å². The lowest BCUT2D eigenvalue weighted by Crippen LogP contribution is -2.67. The van der Waals surface area contributed by atoms with Crippen LogP contribution in [0.2, 0.25) is 0 Å². The first-order valence-electron chi connectivity index (χ1n) is 16.6. The molecule has 20 unspecified atom stereocenters. The summed E-state index contributed by atoms with van der Waals surface area (Å²) in [7, 11) is 1.24. The predicted octanol–water partition coefficient (Wildman–Crippen LogP) is -4.20. The fraction of sp³-hybridized carbons (Fsp3) is 1.00. The normalized spacial score (nSPS) is 50.4. The van der Waals surface area contributed by atoms with Gasteiger partial charge in [0.15, 0.2) is 25.2 Å². The van der Waals surface area contributed by atoms with Crippen molar-refractivity contribution < 1.29 is 89.0 Å². The molecule has 0 aromatic carbocycles. The van der Waals surface area contributed by atoms with Gasteiger partial charge in [-0.1, -0.05) is 33.6 Å². The van der Waals surface area contributed by atoms with Crippen LogP contribution < -0.4 is 0 Å². The maximum absolute atomic E-state index is 11.2. The summed E-state index contributed by atoms with van der Waals surface area (Å²) in [6.07, 6.45) is -25.2. The number of hydrogen-bond donors (Lipinski definition) is 10. The van der Waals surface area contributed by atoms with Crippen molar-refractivity contribution in [1.29, 1.82) is 0 Å². The third-order valence-electron chi connectivity index (χ3n) is 9.60. The Hall–Kier alpha value is -0.720. The Morgan fingerprint density at radius 1 is 0.458 bits per heavy atom. The van der Waals surface area contributed by atoms with Gasteiger partial charge in [-0.3, -0.25) is 0 Å². The topological polar surface area (TPSA) is 276 Å². The minimum atomic E-state index is -1.83. The molecule has 4 fully saturated rings. The van der Waals surface area contributed by atoms with E-state index in [9.17, 15) is 51.1 Å². The molecule has 48 heavy (non-hydrogen) atoms. The van der Waals surface area contributed by atoms with Gasteiger partial charge < -0.3 is 89.0 Å². The Morgan fingerprint density at radius 3 is 1.21 bits per heavy atom. The van der Waals surface area contributed by atoms with Crippen LogP contribution in [0.3, 0.4) is 0 Å². The van der Waals surface area contributed by atoms with E-state index >= 15 is 0 Å². The summed E-state index contributed by atoms with van der Waals surface area (Å²) in [5, 5.41) is 106. The van der Waals surface area contributed by atoms with Crippen LogP contribution in [-0.2, 0) is 37.9 Å². The van der Waals surface area contributed by atoms with Crippen LogP contribution in [0, 0.1) is 5.92 Å². The first kappa shape index (κ1) is 40.1. The van der Waals surface area contributed by atoms with Gasteiger partial charge in [0.25, 0.3) is 0 Å². The highest BCUT2D eigenvalue weighted by Crippen LogP contribution is 2.36. The van der Waals surface area contributed by atoms with E-state index in [-0.39, 0.29) is 6.42 Å². The van der Waals surface area contributed by atoms with Crippen molar-refractivity contribution in [3.05, 3.63) is 0 Å². The highest BCUT2D eigenvalue weighted by molar-refractivity contribution is 4.97. The van der Waals surface area contributed by atoms with E-state index in [1.54, 1.807) is 13.8 Å². The molecule has 20 atom stereocenters. The van der Waals surface area contributed by atoms with Crippen molar-refractivity contribution in [2.75, 3.05) is 20.3 Å². The maximum atomic E-state index is 11.2. The zero-order valence-electron chi connectivity index (χ0n) is 27.5. The summed E-state index contributed by atoms with van der Waals surface area (Å²) in [6.45, 7) is 4.08. The van der Waals surface area contributed by atoms with E-state index in [2.05, 4.69) is 0 Å². The smallest absolute Gasteiger partial charge is 0.187 e. The summed E-state index contributed by atoms with van der Waals surface area (Å²) >= 11 is 0. The van der Waals surface area contributed by atoms with Crippen LogP contribution >= 0.6 is 0 Å². The Labute approximate surface area is 278 Å². The fourth-order valence-corrected chi connectivity index (χ4v) is 6.71. The van der Waals surface area contributed by atoms with Gasteiger partial charge in [0, 0.05) is 13.0 Å². The molecule has 0 bridgehead atoms. The van der Waals surface area contributed by atoms with E-state index < -0.39 is 136 Å². The maximum Gasteiger partial charge on any atom is 0.187 e. The van der Waals surface area contributed by atoms with Gasteiger partial charge in [-0.05, 0) is 12.8 Å². The van der Waals surface area contributed by atoms with E-state index in [1.807, 2.05) is 6.92 Å². The number of methoxy groups -OCH3 is 1. The summed E-state index contributed by atoms with van der Waals surface area (Å²) in [5.74, 6) is -0.406. The average Bonchev–Trinajstić information content (AvgIpc) is 3.07. The van der Waals surface area contributed by atoms with Crippen LogP contribution in [0.15, 0.2) is 0 Å². The van der Waals surface area contributed by atoms with Gasteiger partial charge in [-0.15, -0.1) is 0 Å². The van der Waals surface area contributed by atoms with Crippen LogP contribution in [0.4, 0.5) is 0 Å². The molecule has 282 valence electrons. The van der Waals surface area contributed by atoms with E-state index in [0.29, 0.717) is 12.8 Å². The Bertz CT molecular complexity index is 961. The summed E-state index contributed by atoms with van der Waals surface area (Å²) in [6, 6.07) is 0. The molecule has 0 aromatic rings. The minimum Gasteiger partial charge on any atom is -0.394 e. The SMILES string of the molecule is CCCC1OC(OC2C(CO)OC(OC3C(CCC)OC(OC4C(CO)OC(OC)C(O)C4O)C(O)C3O)C(O)C2O)C(O)C(O)C1C. The van der Waals surface area contributed by atoms with Gasteiger partial charge in [0.2, 0.25) is 0 Å². The molecule has 0 spiro atoms. The quantitative estimate of drug-likeness (QED) is 0.0871. The Kier molecular flexibility index (Phi) is 14.7. The summed E-state index contributed by atoms with van der Waals surface area (Å²) in [4.78, 5) is 0. The molecule has 4 saturated heterocycles. The van der Waals surface area contributed by atoms with Crippen molar-refractivity contribution in [2.45, 2.75) is 163 Å². The van der Waals surface area contributed by atoms with Gasteiger partial charge in [-0.2, -0.15) is 0 Å². The third-order valence-corrected chi connectivity index (χ3v) is 9.60. The molecule has 10 N–H and O–H groups in total. The second-order valence-electron chi connectivity index (χ2n) is 12.9. The first-order valence-corrected chi connectivity index (χ1v) is 16.6. The molecule has 4 aliphatic rings. The summed E-state index contributed by atoms with van der Waals surface area (Å²) < 4.78 is 45.5. The molecule has 0 aliphatic carbocycles. The largest absolute Gasteiger partial charge is 0.394 e. The lowest BCUT2D eigenvalue weighted by atomic mass is 9.88. The molecule has 18 heteroatoms. The Morgan fingerprint density at radius 2 is 0.792 bits per heavy atom. The molecular weight excluding hydrogens is 648 g/mol. The number of hydrogen-bond acceptors (Lipinski definition) is 18. The molecule has 18 nitrogen and oxygen atoms in total. The first-order chi connectivity index (χ1) is 22.8. The Balaban J connectivity index is 1.45. The van der Waals surface area contributed by atoms with Crippen molar-refractivity contribution in [2.24, 2.45) is 5.92 Å². The fourth-order valence-electron chi connectivity index (χ4n) is 6.71. The second kappa shape index (κ2) is 17.7. The number of rotatable bonds is 13. The zero-order chi connectivity index (χ0) is 35.4. The molecule has 4 aliphatic heterocycles. The standard InChI is InChI=1S/C30H54O18/c1-5-7-12-11(3)16(33)20(37)28(42-12)47-26-15(10-32)45-30(23(40)19(26)36)46-24-13(8-6-2)43-29(22(39)18(24)35)48-25-14(9-31)44-27(41-4)21(38)17(25)34/h11-40H,5-10H2,1-4H3. The van der Waals surface area contributed by atoms with Gasteiger partial charge in [0.05, 0.1) is 31.5 Å². The molecular formula is C30H54O18. The van der Waals surface area contributed by atoms with E-state index in [4.69, 9.17) is 37.9 Å². The molecule has 0 aromatic heterocycles. The average molecular weight is 703 g/mol. The van der Waals surface area contributed by atoms with Crippen molar-refractivity contribution in [3.8, 4) is 0 Å². The summed E-state index contributed by atoms with van der Waals surface area (Å²) in [5.41, 5.74) is 0. The van der Waals surface area contributed by atoms with Gasteiger partial charge >= 0.3 is 0 Å². The molecule has 0 amide bonds. The van der Waals surface area contributed by atoms with Crippen LogP contribution in [0.5, 0.6) is 0 Å². The number of ether oxygens (including phenoxy) is 8. The number of aliphatic hydroxyl groups is 10. The zero-order valence-corrected chi connectivity index (χ0v) is 27.5. The van der Waals surface area contributed by atoms with Crippen molar-refractivity contribution in [1.82, 2.24) is 0 Å². The van der Waals surface area contributed by atoms with Crippen LogP contribution in [-0.4, -0.2) is 188 Å². The lowest BCUT2D eigenvalue weighted by molar-refractivity contribution is -0.386. The van der Waals surface area contributed by atoms with Crippen LogP contribution in [0.25, 0.3) is 0 Å². The van der Waals surface area contributed by atoms with Gasteiger partial charge in [-0.25, -0.2) is 0 Å². The number of aliphatic hydroxyl groups excluding tert-OH is 10. The molecule has 0 radical (unpaired) electrons. The third kappa shape index (κ3) is 8.32. The highest BCUT2D eigenvalue weighted by atomic mass is 16.8. The van der Waals surface area contributed by atoms with Crippen molar-refractivity contribution in [3.63, 3.8) is 0 Å². The van der Waals surface area contributed by atoms with Crippen molar-refractivity contribution >= 4 is 0 Å². The molecule has 4 rings (SSSR count). The van der Waals surface area contributed by atoms with E-state index in [1.165, 1.54) is 7.11 Å². The highest BCUT2D eigenvalue weighted by Gasteiger charge is 2.54. The minimum absolute atomic E-state index is 0.229. The lowest BCUT2D eigenvalue weighted by Gasteiger charge is -2.49. The van der Waals surface area contributed by atoms with Crippen LogP contribution in [0.1, 0.15) is 46.5 Å². The molecule has 4 heterocycles. The monoisotopic (exact) mass is 702 g/mol. The molecule has 0 saturated carbocycles. The predicted molar refractivity (Wildman–Crippen MR) is 157 cm³/mol. The van der Waals surface area contributed by atoms with E-state index in [0.717, 1.165) is 6.42 Å².